The summed E-state index contributed by atoms with van der Waals surface area (Å²) in [4.78, 5) is 20.4. The fourth-order valence-corrected chi connectivity index (χ4v) is 2.49. The molecule has 2 N–H and O–H groups in total. The Bertz CT molecular complexity index is 868. The van der Waals surface area contributed by atoms with E-state index in [1.54, 1.807) is 38.0 Å². The molecule has 6 heteroatoms. The lowest BCUT2D eigenvalue weighted by molar-refractivity contribution is 0.0950. The van der Waals surface area contributed by atoms with Gasteiger partial charge in [0.05, 0.1) is 18.4 Å². The van der Waals surface area contributed by atoms with Gasteiger partial charge < -0.3 is 15.4 Å². The van der Waals surface area contributed by atoms with E-state index in [9.17, 15) is 4.79 Å². The lowest BCUT2D eigenvalue weighted by atomic mass is 10.2. The van der Waals surface area contributed by atoms with E-state index >= 15 is 0 Å². The van der Waals surface area contributed by atoms with Gasteiger partial charge in [-0.3, -0.25) is 14.8 Å². The fraction of sp³-hybridized carbons (Fsp3) is 0.150. The zero-order valence-corrected chi connectivity index (χ0v) is 14.5. The molecule has 3 aromatic rings. The lowest BCUT2D eigenvalue weighted by Crippen LogP contribution is -2.23. The van der Waals surface area contributed by atoms with Gasteiger partial charge in [-0.2, -0.15) is 0 Å². The topological polar surface area (TPSA) is 76.1 Å². The summed E-state index contributed by atoms with van der Waals surface area (Å²) in [5.41, 5.74) is 3.30. The molecular weight excluding hydrogens is 328 g/mol. The van der Waals surface area contributed by atoms with Crippen LogP contribution in [0.15, 0.2) is 67.3 Å². The molecule has 0 bridgehead atoms. The first kappa shape index (κ1) is 17.4. The third-order valence-electron chi connectivity index (χ3n) is 3.88. The summed E-state index contributed by atoms with van der Waals surface area (Å²) >= 11 is 0. The third-order valence-corrected chi connectivity index (χ3v) is 3.88. The zero-order valence-electron chi connectivity index (χ0n) is 14.5. The van der Waals surface area contributed by atoms with Crippen LogP contribution in [0.3, 0.4) is 0 Å². The van der Waals surface area contributed by atoms with Gasteiger partial charge in [-0.05, 0) is 29.8 Å². The zero-order chi connectivity index (χ0) is 18.2. The Balaban J connectivity index is 1.61. The number of carbonyl (C=O) groups is 1. The fourth-order valence-electron chi connectivity index (χ4n) is 2.49. The lowest BCUT2D eigenvalue weighted by Gasteiger charge is -2.11. The molecule has 1 aromatic carbocycles. The van der Waals surface area contributed by atoms with Crippen molar-refractivity contribution in [1.82, 2.24) is 15.3 Å². The van der Waals surface area contributed by atoms with Crippen molar-refractivity contribution in [2.75, 3.05) is 12.4 Å². The molecule has 0 unspecified atom stereocenters. The second-order valence-corrected chi connectivity index (χ2v) is 5.67. The first-order chi connectivity index (χ1) is 12.8. The molecule has 26 heavy (non-hydrogen) atoms. The van der Waals surface area contributed by atoms with Crippen LogP contribution >= 0.6 is 0 Å². The first-order valence-corrected chi connectivity index (χ1v) is 8.24. The number of nitrogens with zero attached hydrogens (tertiary/aromatic N) is 2. The molecule has 0 spiro atoms. The van der Waals surface area contributed by atoms with Crippen LogP contribution in [0.5, 0.6) is 5.75 Å². The average molecular weight is 348 g/mol. The van der Waals surface area contributed by atoms with Crippen molar-refractivity contribution in [3.05, 3.63) is 83.9 Å². The molecule has 6 nitrogen and oxygen atoms in total. The van der Waals surface area contributed by atoms with Gasteiger partial charge in [0.1, 0.15) is 5.75 Å². The number of aromatic nitrogens is 2. The van der Waals surface area contributed by atoms with E-state index in [1.165, 1.54) is 0 Å². The quantitative estimate of drug-likeness (QED) is 0.686. The highest BCUT2D eigenvalue weighted by Gasteiger charge is 2.08. The van der Waals surface area contributed by atoms with Crippen molar-refractivity contribution >= 4 is 11.6 Å². The van der Waals surface area contributed by atoms with Crippen LogP contribution in [0.1, 0.15) is 21.5 Å². The summed E-state index contributed by atoms with van der Waals surface area (Å²) in [5.74, 6) is 0.648. The van der Waals surface area contributed by atoms with Gasteiger partial charge in [0.15, 0.2) is 0 Å². The number of nitrogens with one attached hydrogen (secondary N) is 2. The summed E-state index contributed by atoms with van der Waals surface area (Å²) in [5, 5.41) is 6.15. The highest BCUT2D eigenvalue weighted by Crippen LogP contribution is 2.19. The summed E-state index contributed by atoms with van der Waals surface area (Å²) in [6.07, 6.45) is 6.64. The van der Waals surface area contributed by atoms with Gasteiger partial charge in [-0.15, -0.1) is 0 Å². The molecule has 2 aromatic heterocycles. The third kappa shape index (κ3) is 4.57. The Kier molecular flexibility index (Phi) is 5.77. The predicted molar refractivity (Wildman–Crippen MR) is 100.0 cm³/mol. The van der Waals surface area contributed by atoms with Crippen LogP contribution in [0.4, 0.5) is 5.69 Å². The molecule has 0 saturated heterocycles. The molecule has 0 aliphatic rings. The standard InChI is InChI=1S/C20H20N4O2/c1-26-19-5-3-2-4-16(19)13-23-18-10-17(12-22-14-18)20(25)24-11-15-6-8-21-9-7-15/h2-10,12,14,23H,11,13H2,1H3,(H,24,25). The Morgan fingerprint density at radius 1 is 1.04 bits per heavy atom. The van der Waals surface area contributed by atoms with E-state index in [0.29, 0.717) is 18.7 Å². The average Bonchev–Trinajstić information content (AvgIpc) is 2.71. The van der Waals surface area contributed by atoms with Gasteiger partial charge in [-0.1, -0.05) is 18.2 Å². The van der Waals surface area contributed by atoms with Crippen molar-refractivity contribution in [1.29, 1.82) is 0 Å². The highest BCUT2D eigenvalue weighted by molar-refractivity contribution is 5.94. The van der Waals surface area contributed by atoms with Crippen LogP contribution in [0.2, 0.25) is 0 Å². The number of anilines is 1. The van der Waals surface area contributed by atoms with Gasteiger partial charge in [0, 0.05) is 43.4 Å². The van der Waals surface area contributed by atoms with E-state index in [2.05, 4.69) is 20.6 Å². The number of methoxy groups -OCH3 is 1. The molecule has 132 valence electrons. The van der Waals surface area contributed by atoms with Crippen molar-refractivity contribution in [3.8, 4) is 5.75 Å². The number of amides is 1. The number of hydrogen-bond donors (Lipinski definition) is 2. The van der Waals surface area contributed by atoms with Crippen LogP contribution in [0.25, 0.3) is 0 Å². The summed E-state index contributed by atoms with van der Waals surface area (Å²) in [6.45, 7) is 1.02. The monoisotopic (exact) mass is 348 g/mol. The number of rotatable bonds is 7. The Hall–Kier alpha value is -3.41. The second-order valence-electron chi connectivity index (χ2n) is 5.67. The Morgan fingerprint density at radius 3 is 2.65 bits per heavy atom. The van der Waals surface area contributed by atoms with Crippen LogP contribution in [-0.4, -0.2) is 23.0 Å². The number of ether oxygens (including phenoxy) is 1. The smallest absolute Gasteiger partial charge is 0.253 e. The summed E-state index contributed by atoms with van der Waals surface area (Å²) < 4.78 is 5.35. The Labute approximate surface area is 152 Å². The molecule has 0 aliphatic carbocycles. The molecule has 0 fully saturated rings. The number of carbonyl (C=O) groups excluding carboxylic acids is 1. The van der Waals surface area contributed by atoms with Crippen molar-refractivity contribution in [3.63, 3.8) is 0 Å². The predicted octanol–water partition coefficient (Wildman–Crippen LogP) is 3.03. The largest absolute Gasteiger partial charge is 0.496 e. The molecule has 0 aliphatic heterocycles. The van der Waals surface area contributed by atoms with Gasteiger partial charge >= 0.3 is 0 Å². The molecule has 3 rings (SSSR count). The van der Waals surface area contributed by atoms with Crippen molar-refractivity contribution < 1.29 is 9.53 Å². The van der Waals surface area contributed by atoms with Crippen LogP contribution < -0.4 is 15.4 Å². The number of hydrogen-bond acceptors (Lipinski definition) is 5. The maximum Gasteiger partial charge on any atom is 0.253 e. The van der Waals surface area contributed by atoms with Gasteiger partial charge in [-0.25, -0.2) is 0 Å². The van der Waals surface area contributed by atoms with Gasteiger partial charge in [0.25, 0.3) is 5.91 Å². The number of pyridine rings is 2. The minimum Gasteiger partial charge on any atom is -0.496 e. The van der Waals surface area contributed by atoms with Gasteiger partial charge in [0.2, 0.25) is 0 Å². The van der Waals surface area contributed by atoms with Crippen molar-refractivity contribution in [2.45, 2.75) is 13.1 Å². The van der Waals surface area contributed by atoms with Crippen LogP contribution in [-0.2, 0) is 13.1 Å². The molecule has 1 amide bonds. The van der Waals surface area contributed by atoms with Crippen molar-refractivity contribution in [2.24, 2.45) is 0 Å². The maximum absolute atomic E-state index is 12.3. The molecule has 0 saturated carbocycles. The maximum atomic E-state index is 12.3. The minimum atomic E-state index is -0.171. The highest BCUT2D eigenvalue weighted by atomic mass is 16.5. The van der Waals surface area contributed by atoms with E-state index < -0.39 is 0 Å². The van der Waals surface area contributed by atoms with E-state index in [1.807, 2.05) is 36.4 Å². The van der Waals surface area contributed by atoms with E-state index in [0.717, 1.165) is 22.6 Å². The molecule has 2 heterocycles. The summed E-state index contributed by atoms with van der Waals surface area (Å²) in [7, 11) is 1.65. The second kappa shape index (κ2) is 8.62. The normalized spacial score (nSPS) is 10.2. The minimum absolute atomic E-state index is 0.171. The first-order valence-electron chi connectivity index (χ1n) is 8.24. The van der Waals surface area contributed by atoms with E-state index in [-0.39, 0.29) is 5.91 Å². The molecule has 0 atom stereocenters. The van der Waals surface area contributed by atoms with E-state index in [4.69, 9.17) is 4.74 Å². The summed E-state index contributed by atoms with van der Waals surface area (Å²) in [6, 6.07) is 13.3. The SMILES string of the molecule is COc1ccccc1CNc1cncc(C(=O)NCc2ccncc2)c1. The number of benzene rings is 1. The van der Waals surface area contributed by atoms with Crippen LogP contribution in [0, 0.1) is 0 Å². The Morgan fingerprint density at radius 2 is 1.85 bits per heavy atom. The molecule has 0 radical (unpaired) electrons. The number of para-hydroxylation sites is 1. The molecular formula is C20H20N4O2.